The molecule has 1 heterocycles. The standard InChI is InChI=1S/C22H27N3O2/c1-6-20(19-8-7-11-23-14-19)25-16(3)15(2)13-24-17(4)18-9-10-21(26)22(12-18)27-5/h7-14,20,24,26H,4,6H2,1-3,5H3/t20-/m0/s1. The molecule has 5 heteroatoms. The summed E-state index contributed by atoms with van der Waals surface area (Å²) in [6, 6.07) is 9.19. The summed E-state index contributed by atoms with van der Waals surface area (Å²) in [5.74, 6) is 0.515. The van der Waals surface area contributed by atoms with E-state index in [1.54, 1.807) is 24.4 Å². The van der Waals surface area contributed by atoms with Crippen LogP contribution in [-0.2, 0) is 0 Å². The summed E-state index contributed by atoms with van der Waals surface area (Å²) >= 11 is 0. The molecule has 0 aliphatic rings. The molecule has 5 nitrogen and oxygen atoms in total. The summed E-state index contributed by atoms with van der Waals surface area (Å²) in [5.41, 5.74) is 4.63. The van der Waals surface area contributed by atoms with Crippen LogP contribution in [0.15, 0.2) is 66.1 Å². The van der Waals surface area contributed by atoms with Gasteiger partial charge in [0.25, 0.3) is 0 Å². The SMILES string of the molecule is C=C(NC=C(C)C(C)=N[C@@H](CC)c1cccnc1)c1ccc(O)c(OC)c1. The van der Waals surface area contributed by atoms with Gasteiger partial charge in [-0.3, -0.25) is 9.98 Å². The monoisotopic (exact) mass is 365 g/mol. The highest BCUT2D eigenvalue weighted by Gasteiger charge is 2.09. The van der Waals surface area contributed by atoms with Crippen molar-refractivity contribution in [2.45, 2.75) is 33.2 Å². The Bertz CT molecular complexity index is 842. The molecule has 0 unspecified atom stereocenters. The van der Waals surface area contributed by atoms with Gasteiger partial charge in [0.1, 0.15) is 0 Å². The van der Waals surface area contributed by atoms with Gasteiger partial charge in [-0.25, -0.2) is 0 Å². The van der Waals surface area contributed by atoms with E-state index in [9.17, 15) is 5.11 Å². The highest BCUT2D eigenvalue weighted by atomic mass is 16.5. The molecule has 2 aromatic rings. The van der Waals surface area contributed by atoms with Gasteiger partial charge < -0.3 is 15.2 Å². The number of phenols is 1. The Morgan fingerprint density at radius 3 is 2.78 bits per heavy atom. The first-order valence-corrected chi connectivity index (χ1v) is 8.90. The lowest BCUT2D eigenvalue weighted by atomic mass is 10.1. The van der Waals surface area contributed by atoms with E-state index >= 15 is 0 Å². The molecule has 0 saturated carbocycles. The van der Waals surface area contributed by atoms with Gasteiger partial charge in [-0.05, 0) is 55.7 Å². The second kappa shape index (κ2) is 9.57. The number of phenolic OH excluding ortho intramolecular Hbond substituents is 1. The van der Waals surface area contributed by atoms with Crippen LogP contribution in [0.5, 0.6) is 11.5 Å². The van der Waals surface area contributed by atoms with Gasteiger partial charge in [0.05, 0.1) is 13.2 Å². The summed E-state index contributed by atoms with van der Waals surface area (Å²) in [4.78, 5) is 9.02. The fourth-order valence-electron chi connectivity index (χ4n) is 2.56. The predicted molar refractivity (Wildman–Crippen MR) is 111 cm³/mol. The first-order chi connectivity index (χ1) is 13.0. The fourth-order valence-corrected chi connectivity index (χ4v) is 2.56. The van der Waals surface area contributed by atoms with E-state index < -0.39 is 0 Å². The molecular weight excluding hydrogens is 338 g/mol. The Labute approximate surface area is 161 Å². The number of nitrogens with one attached hydrogen (secondary N) is 1. The number of pyridine rings is 1. The molecule has 0 fully saturated rings. The van der Waals surface area contributed by atoms with E-state index in [4.69, 9.17) is 9.73 Å². The van der Waals surface area contributed by atoms with Gasteiger partial charge in [-0.15, -0.1) is 0 Å². The van der Waals surface area contributed by atoms with E-state index in [-0.39, 0.29) is 11.8 Å². The number of hydrogen-bond acceptors (Lipinski definition) is 5. The van der Waals surface area contributed by atoms with E-state index in [1.165, 1.54) is 7.11 Å². The minimum absolute atomic E-state index is 0.0895. The van der Waals surface area contributed by atoms with Crippen LogP contribution in [0.2, 0.25) is 0 Å². The molecule has 27 heavy (non-hydrogen) atoms. The van der Waals surface area contributed by atoms with Crippen molar-refractivity contribution < 1.29 is 9.84 Å². The molecule has 0 amide bonds. The molecular formula is C22H27N3O2. The lowest BCUT2D eigenvalue weighted by molar-refractivity contribution is 0.373. The molecule has 0 aliphatic heterocycles. The number of hydrogen-bond donors (Lipinski definition) is 2. The van der Waals surface area contributed by atoms with Gasteiger partial charge >= 0.3 is 0 Å². The summed E-state index contributed by atoms with van der Waals surface area (Å²) in [7, 11) is 1.52. The largest absolute Gasteiger partial charge is 0.504 e. The maximum absolute atomic E-state index is 9.70. The van der Waals surface area contributed by atoms with Crippen molar-refractivity contribution in [1.29, 1.82) is 0 Å². The van der Waals surface area contributed by atoms with Crippen molar-refractivity contribution in [1.82, 2.24) is 10.3 Å². The van der Waals surface area contributed by atoms with Crippen molar-refractivity contribution in [3.63, 3.8) is 0 Å². The van der Waals surface area contributed by atoms with Gasteiger partial charge in [0, 0.05) is 35.6 Å². The number of rotatable bonds is 8. The van der Waals surface area contributed by atoms with Gasteiger partial charge in [0.15, 0.2) is 11.5 Å². The van der Waals surface area contributed by atoms with Crippen molar-refractivity contribution >= 4 is 11.4 Å². The number of benzene rings is 1. The Balaban J connectivity index is 2.10. The first-order valence-electron chi connectivity index (χ1n) is 8.90. The Morgan fingerprint density at radius 1 is 1.37 bits per heavy atom. The summed E-state index contributed by atoms with van der Waals surface area (Å²) in [6.07, 6.45) is 6.42. The first kappa shape index (κ1) is 20.2. The van der Waals surface area contributed by atoms with Crippen LogP contribution in [0.1, 0.15) is 44.4 Å². The second-order valence-electron chi connectivity index (χ2n) is 6.26. The third-order valence-electron chi connectivity index (χ3n) is 4.37. The number of aromatic nitrogens is 1. The summed E-state index contributed by atoms with van der Waals surface area (Å²) in [6.45, 7) is 10.2. The molecule has 1 atom stereocenters. The minimum Gasteiger partial charge on any atom is -0.504 e. The van der Waals surface area contributed by atoms with Crippen LogP contribution in [0.4, 0.5) is 0 Å². The van der Waals surface area contributed by atoms with Crippen molar-refractivity contribution in [2.75, 3.05) is 7.11 Å². The number of methoxy groups -OCH3 is 1. The lowest BCUT2D eigenvalue weighted by Gasteiger charge is -2.13. The second-order valence-corrected chi connectivity index (χ2v) is 6.26. The topological polar surface area (TPSA) is 66.7 Å². The smallest absolute Gasteiger partial charge is 0.161 e. The highest BCUT2D eigenvalue weighted by molar-refractivity contribution is 5.97. The van der Waals surface area contributed by atoms with Crippen LogP contribution in [-0.4, -0.2) is 22.9 Å². The third kappa shape index (κ3) is 5.45. The molecule has 142 valence electrons. The molecule has 0 spiro atoms. The zero-order valence-corrected chi connectivity index (χ0v) is 16.4. The van der Waals surface area contributed by atoms with E-state index in [0.29, 0.717) is 11.4 Å². The minimum atomic E-state index is 0.0895. The number of nitrogens with zero attached hydrogens (tertiary/aromatic N) is 2. The maximum atomic E-state index is 9.70. The Kier molecular flexibility index (Phi) is 7.17. The third-order valence-corrected chi connectivity index (χ3v) is 4.37. The van der Waals surface area contributed by atoms with Crippen LogP contribution in [0.3, 0.4) is 0 Å². The molecule has 1 aromatic heterocycles. The van der Waals surface area contributed by atoms with Gasteiger partial charge in [-0.1, -0.05) is 19.6 Å². The molecule has 0 aliphatic carbocycles. The number of allylic oxidation sites excluding steroid dienone is 1. The fraction of sp³-hybridized carbons (Fsp3) is 0.273. The number of aliphatic imine (C=N–C) groups is 1. The highest BCUT2D eigenvalue weighted by Crippen LogP contribution is 2.28. The molecule has 0 radical (unpaired) electrons. The Morgan fingerprint density at radius 2 is 2.15 bits per heavy atom. The zero-order valence-electron chi connectivity index (χ0n) is 16.4. The molecule has 1 aromatic carbocycles. The normalized spacial score (nSPS) is 13.2. The summed E-state index contributed by atoms with van der Waals surface area (Å²) in [5, 5.41) is 12.9. The van der Waals surface area contributed by atoms with Gasteiger partial charge in [0.2, 0.25) is 0 Å². The molecule has 2 rings (SSSR count). The summed E-state index contributed by atoms with van der Waals surface area (Å²) < 4.78 is 5.14. The van der Waals surface area contributed by atoms with Gasteiger partial charge in [-0.2, -0.15) is 0 Å². The number of aromatic hydroxyl groups is 1. The van der Waals surface area contributed by atoms with Crippen LogP contribution in [0.25, 0.3) is 5.70 Å². The van der Waals surface area contributed by atoms with E-state index in [2.05, 4.69) is 29.9 Å². The van der Waals surface area contributed by atoms with Crippen LogP contribution < -0.4 is 10.1 Å². The molecule has 2 N–H and O–H groups in total. The van der Waals surface area contributed by atoms with Crippen LogP contribution >= 0.6 is 0 Å². The zero-order chi connectivity index (χ0) is 19.8. The van der Waals surface area contributed by atoms with Crippen molar-refractivity contribution in [3.8, 4) is 11.5 Å². The van der Waals surface area contributed by atoms with Crippen LogP contribution in [0, 0.1) is 0 Å². The van der Waals surface area contributed by atoms with Crippen molar-refractivity contribution in [3.05, 3.63) is 72.2 Å². The molecule has 0 bridgehead atoms. The number of ether oxygens (including phenoxy) is 1. The lowest BCUT2D eigenvalue weighted by Crippen LogP contribution is -2.07. The van der Waals surface area contributed by atoms with E-state index in [0.717, 1.165) is 28.8 Å². The average molecular weight is 365 g/mol. The average Bonchev–Trinajstić information content (AvgIpc) is 2.70. The quantitative estimate of drug-likeness (QED) is 0.655. The van der Waals surface area contributed by atoms with E-state index in [1.807, 2.05) is 32.3 Å². The van der Waals surface area contributed by atoms with Crippen molar-refractivity contribution in [2.24, 2.45) is 4.99 Å². The predicted octanol–water partition coefficient (Wildman–Crippen LogP) is 4.87. The Hall–Kier alpha value is -3.08. The molecule has 0 saturated heterocycles. The maximum Gasteiger partial charge on any atom is 0.161 e.